The molecule has 1 aromatic rings. The molecule has 2 nitrogen and oxygen atoms in total. The van der Waals surface area contributed by atoms with E-state index in [-0.39, 0.29) is 5.91 Å². The summed E-state index contributed by atoms with van der Waals surface area (Å²) in [5, 5.41) is 0.656. The number of likely N-dealkylation sites (tertiary alicyclic amines) is 1. The molecule has 4 heteroatoms. The van der Waals surface area contributed by atoms with E-state index in [1.807, 2.05) is 17.0 Å². The van der Waals surface area contributed by atoms with Gasteiger partial charge in [-0.2, -0.15) is 0 Å². The molecule has 86 valence electrons. The van der Waals surface area contributed by atoms with Crippen molar-refractivity contribution in [2.75, 3.05) is 13.1 Å². The van der Waals surface area contributed by atoms with E-state index in [4.69, 9.17) is 11.6 Å². The fourth-order valence-corrected chi connectivity index (χ4v) is 2.42. The summed E-state index contributed by atoms with van der Waals surface area (Å²) >= 11 is 8.18. The summed E-state index contributed by atoms with van der Waals surface area (Å²) in [5.41, 5.74) is 0.701. The van der Waals surface area contributed by atoms with Gasteiger partial charge in [0.05, 0.1) is 5.02 Å². The van der Waals surface area contributed by atoms with Gasteiger partial charge in [-0.25, -0.2) is 0 Å². The molecule has 1 amide bonds. The minimum absolute atomic E-state index is 0.109. The van der Waals surface area contributed by atoms with Crippen LogP contribution in [0.25, 0.3) is 0 Å². The van der Waals surface area contributed by atoms with Gasteiger partial charge in [0.25, 0.3) is 5.91 Å². The minimum atomic E-state index is 0.109. The van der Waals surface area contributed by atoms with Gasteiger partial charge in [-0.1, -0.05) is 11.6 Å². The van der Waals surface area contributed by atoms with Crippen molar-refractivity contribution >= 4 is 40.1 Å². The maximum Gasteiger partial charge on any atom is 0.253 e. The van der Waals surface area contributed by atoms with Crippen LogP contribution in [0.2, 0.25) is 5.02 Å². The molecule has 0 spiro atoms. The van der Waals surface area contributed by atoms with E-state index in [2.05, 4.69) is 22.6 Å². The summed E-state index contributed by atoms with van der Waals surface area (Å²) in [7, 11) is 0. The van der Waals surface area contributed by atoms with Crippen LogP contribution in [-0.2, 0) is 0 Å². The number of halogens is 2. The first-order chi connectivity index (χ1) is 7.68. The third-order valence-electron chi connectivity index (χ3n) is 2.81. The highest BCUT2D eigenvalue weighted by molar-refractivity contribution is 14.1. The van der Waals surface area contributed by atoms with E-state index in [9.17, 15) is 4.79 Å². The Morgan fingerprint density at radius 2 is 1.94 bits per heavy atom. The normalized spacial score (nSPS) is 16.2. The lowest BCUT2D eigenvalue weighted by atomic mass is 10.1. The quantitative estimate of drug-likeness (QED) is 0.710. The molecule has 0 aromatic heterocycles. The Morgan fingerprint density at radius 3 is 2.56 bits per heavy atom. The summed E-state index contributed by atoms with van der Waals surface area (Å²) in [6.07, 6.45) is 3.46. The fourth-order valence-electron chi connectivity index (χ4n) is 1.91. The van der Waals surface area contributed by atoms with Crippen molar-refractivity contribution in [3.8, 4) is 0 Å². The van der Waals surface area contributed by atoms with Crippen LogP contribution in [0, 0.1) is 3.57 Å². The van der Waals surface area contributed by atoms with Gasteiger partial charge in [-0.05, 0) is 60.1 Å². The largest absolute Gasteiger partial charge is 0.339 e. The summed E-state index contributed by atoms with van der Waals surface area (Å²) in [6.45, 7) is 1.75. The number of rotatable bonds is 1. The van der Waals surface area contributed by atoms with Gasteiger partial charge in [0, 0.05) is 22.2 Å². The Kier molecular flexibility index (Phi) is 4.08. The van der Waals surface area contributed by atoms with Gasteiger partial charge in [-0.3, -0.25) is 4.79 Å². The van der Waals surface area contributed by atoms with E-state index in [0.717, 1.165) is 29.5 Å². The van der Waals surface area contributed by atoms with Crippen LogP contribution >= 0.6 is 34.2 Å². The van der Waals surface area contributed by atoms with Crippen molar-refractivity contribution in [2.45, 2.75) is 19.3 Å². The Bertz CT molecular complexity index is 402. The van der Waals surface area contributed by atoms with Crippen LogP contribution < -0.4 is 0 Å². The number of nitrogens with zero attached hydrogens (tertiary/aromatic N) is 1. The molecule has 2 rings (SSSR count). The number of carbonyl (C=O) groups excluding carboxylic acids is 1. The van der Waals surface area contributed by atoms with Crippen molar-refractivity contribution in [1.82, 2.24) is 4.90 Å². The van der Waals surface area contributed by atoms with E-state index in [0.29, 0.717) is 10.6 Å². The molecular formula is C12H13ClINO. The number of hydrogen-bond donors (Lipinski definition) is 0. The second-order valence-corrected chi connectivity index (χ2v) is 5.55. The van der Waals surface area contributed by atoms with Crippen molar-refractivity contribution in [2.24, 2.45) is 0 Å². The molecule has 1 saturated heterocycles. The maximum atomic E-state index is 12.1. The Hall–Kier alpha value is -0.290. The number of amides is 1. The third-order valence-corrected chi connectivity index (χ3v) is 4.38. The van der Waals surface area contributed by atoms with Crippen molar-refractivity contribution in [1.29, 1.82) is 0 Å². The van der Waals surface area contributed by atoms with Gasteiger partial charge in [-0.15, -0.1) is 0 Å². The van der Waals surface area contributed by atoms with Gasteiger partial charge in [0.2, 0.25) is 0 Å². The molecule has 0 atom stereocenters. The molecule has 0 unspecified atom stereocenters. The molecule has 1 fully saturated rings. The van der Waals surface area contributed by atoms with Gasteiger partial charge < -0.3 is 4.90 Å². The molecule has 0 bridgehead atoms. The zero-order valence-electron chi connectivity index (χ0n) is 8.88. The first-order valence-corrected chi connectivity index (χ1v) is 6.88. The zero-order valence-corrected chi connectivity index (χ0v) is 11.8. The van der Waals surface area contributed by atoms with Gasteiger partial charge in [0.1, 0.15) is 0 Å². The summed E-state index contributed by atoms with van der Waals surface area (Å²) in [6, 6.07) is 5.50. The lowest BCUT2D eigenvalue weighted by Gasteiger charge is -2.26. The third kappa shape index (κ3) is 2.69. The molecule has 1 aromatic carbocycles. The lowest BCUT2D eigenvalue weighted by Crippen LogP contribution is -2.35. The van der Waals surface area contributed by atoms with Crippen LogP contribution in [0.3, 0.4) is 0 Å². The average Bonchev–Trinajstić information content (AvgIpc) is 2.33. The maximum absolute atomic E-state index is 12.1. The van der Waals surface area contributed by atoms with Crippen LogP contribution in [0.5, 0.6) is 0 Å². The van der Waals surface area contributed by atoms with Crippen LogP contribution in [0.1, 0.15) is 29.6 Å². The topological polar surface area (TPSA) is 20.3 Å². The smallest absolute Gasteiger partial charge is 0.253 e. The van der Waals surface area contributed by atoms with E-state index >= 15 is 0 Å². The highest BCUT2D eigenvalue weighted by Crippen LogP contribution is 2.21. The Morgan fingerprint density at radius 1 is 1.25 bits per heavy atom. The molecule has 16 heavy (non-hydrogen) atoms. The highest BCUT2D eigenvalue weighted by atomic mass is 127. The predicted octanol–water partition coefficient (Wildman–Crippen LogP) is 3.57. The fraction of sp³-hybridized carbons (Fsp3) is 0.417. The molecule has 0 aliphatic carbocycles. The van der Waals surface area contributed by atoms with Crippen LogP contribution in [-0.4, -0.2) is 23.9 Å². The van der Waals surface area contributed by atoms with Gasteiger partial charge in [0.15, 0.2) is 0 Å². The van der Waals surface area contributed by atoms with E-state index in [1.165, 1.54) is 6.42 Å². The summed E-state index contributed by atoms with van der Waals surface area (Å²) in [4.78, 5) is 14.0. The zero-order chi connectivity index (χ0) is 11.5. The van der Waals surface area contributed by atoms with E-state index < -0.39 is 0 Å². The van der Waals surface area contributed by atoms with Crippen LogP contribution in [0.4, 0.5) is 0 Å². The van der Waals surface area contributed by atoms with Crippen molar-refractivity contribution < 1.29 is 4.79 Å². The Balaban J connectivity index is 2.16. The second kappa shape index (κ2) is 5.36. The number of piperidine rings is 1. The number of benzene rings is 1. The minimum Gasteiger partial charge on any atom is -0.339 e. The van der Waals surface area contributed by atoms with E-state index in [1.54, 1.807) is 6.07 Å². The molecule has 1 aliphatic heterocycles. The first-order valence-electron chi connectivity index (χ1n) is 5.43. The summed E-state index contributed by atoms with van der Waals surface area (Å²) in [5.74, 6) is 0.109. The van der Waals surface area contributed by atoms with Crippen molar-refractivity contribution in [3.05, 3.63) is 32.4 Å². The van der Waals surface area contributed by atoms with Gasteiger partial charge >= 0.3 is 0 Å². The van der Waals surface area contributed by atoms with Crippen molar-refractivity contribution in [3.63, 3.8) is 0 Å². The monoisotopic (exact) mass is 349 g/mol. The standard InChI is InChI=1S/C12H13ClINO/c13-10-8-9(4-5-11(10)14)12(16)15-6-2-1-3-7-15/h4-5,8H,1-3,6-7H2. The average molecular weight is 350 g/mol. The molecule has 1 aliphatic rings. The Labute approximate surface area is 114 Å². The molecule has 1 heterocycles. The highest BCUT2D eigenvalue weighted by Gasteiger charge is 2.18. The molecular weight excluding hydrogens is 336 g/mol. The first kappa shape index (κ1) is 12.2. The number of hydrogen-bond acceptors (Lipinski definition) is 1. The molecule has 0 N–H and O–H groups in total. The lowest BCUT2D eigenvalue weighted by molar-refractivity contribution is 0.0724. The molecule has 0 saturated carbocycles. The van der Waals surface area contributed by atoms with Crippen LogP contribution in [0.15, 0.2) is 18.2 Å². The summed E-state index contributed by atoms with van der Waals surface area (Å²) < 4.78 is 0.981. The molecule has 0 radical (unpaired) electrons. The predicted molar refractivity (Wildman–Crippen MR) is 73.9 cm³/mol. The SMILES string of the molecule is O=C(c1ccc(I)c(Cl)c1)N1CCCCC1. The second-order valence-electron chi connectivity index (χ2n) is 3.98. The number of carbonyl (C=O) groups is 1.